The van der Waals surface area contributed by atoms with Crippen molar-refractivity contribution in [2.75, 3.05) is 30.4 Å². The Balaban J connectivity index is 1.71. The fourth-order valence-electron chi connectivity index (χ4n) is 4.55. The van der Waals surface area contributed by atoms with Crippen molar-refractivity contribution in [3.8, 4) is 11.5 Å². The van der Waals surface area contributed by atoms with Crippen LogP contribution in [-0.2, 0) is 32.6 Å². The van der Waals surface area contributed by atoms with Crippen molar-refractivity contribution in [2.45, 2.75) is 38.8 Å². The van der Waals surface area contributed by atoms with Gasteiger partial charge in [-0.05, 0) is 41.8 Å². The van der Waals surface area contributed by atoms with Gasteiger partial charge in [-0.1, -0.05) is 71.7 Å². The Morgan fingerprint density at radius 1 is 0.976 bits per heavy atom. The second-order valence-electron chi connectivity index (χ2n) is 9.81. The smallest absolute Gasteiger partial charge is 0.244 e. The number of fused-ring (bicyclic) bond motifs is 1. The molecule has 0 saturated heterocycles. The Kier molecular flexibility index (Phi) is 10.3. The first-order chi connectivity index (χ1) is 19.7. The molecule has 1 N–H and O–H groups in total. The number of rotatable bonds is 13. The average molecular weight is 645 g/mol. The maximum Gasteiger partial charge on any atom is 0.244 e. The van der Waals surface area contributed by atoms with Gasteiger partial charge in [-0.15, -0.1) is 0 Å². The molecule has 3 aromatic rings. The third-order valence-corrected chi connectivity index (χ3v) is 8.30. The second-order valence-corrected chi connectivity index (χ2v) is 12.6. The zero-order valence-electron chi connectivity index (χ0n) is 23.1. The number of unbranched alkanes of at least 4 members (excludes halogenated alkanes) is 1. The average Bonchev–Trinajstić information content (AvgIpc) is 3.41. The van der Waals surface area contributed by atoms with E-state index in [1.54, 1.807) is 12.1 Å². The molecule has 0 unspecified atom stereocenters. The van der Waals surface area contributed by atoms with Gasteiger partial charge in [0.15, 0.2) is 11.5 Å². The largest absolute Gasteiger partial charge is 0.454 e. The minimum absolute atomic E-state index is 0.0330. The quantitative estimate of drug-likeness (QED) is 0.275. The van der Waals surface area contributed by atoms with E-state index in [2.05, 4.69) is 21.2 Å². The summed E-state index contributed by atoms with van der Waals surface area (Å²) in [6, 6.07) is 20.8. The van der Waals surface area contributed by atoms with E-state index in [1.807, 2.05) is 61.5 Å². The van der Waals surface area contributed by atoms with Crippen LogP contribution in [0.2, 0.25) is 0 Å². The van der Waals surface area contributed by atoms with E-state index >= 15 is 0 Å². The van der Waals surface area contributed by atoms with Crippen LogP contribution in [0.5, 0.6) is 11.5 Å². The van der Waals surface area contributed by atoms with Gasteiger partial charge < -0.3 is 19.7 Å². The first-order valence-electron chi connectivity index (χ1n) is 13.4. The number of halogens is 1. The van der Waals surface area contributed by atoms with E-state index in [4.69, 9.17) is 9.47 Å². The van der Waals surface area contributed by atoms with Crippen molar-refractivity contribution in [3.05, 3.63) is 88.4 Å². The molecule has 4 rings (SSSR count). The second kappa shape index (κ2) is 13.9. The molecule has 0 saturated carbocycles. The summed E-state index contributed by atoms with van der Waals surface area (Å²) >= 11 is 3.48. The molecule has 1 heterocycles. The molecule has 11 heteroatoms. The number of hydrogen-bond donors (Lipinski definition) is 1. The van der Waals surface area contributed by atoms with Gasteiger partial charge in [0.2, 0.25) is 28.6 Å². The molecule has 1 aliphatic heterocycles. The van der Waals surface area contributed by atoms with Crippen LogP contribution < -0.4 is 19.1 Å². The van der Waals surface area contributed by atoms with Crippen LogP contribution in [-0.4, -0.2) is 57.3 Å². The summed E-state index contributed by atoms with van der Waals surface area (Å²) in [5.74, 6) is 0.0857. The molecule has 0 bridgehead atoms. The monoisotopic (exact) mass is 643 g/mol. The number of ether oxygens (including phenoxy) is 2. The SMILES string of the molecule is CCCCNC(=O)[C@H](Cc1ccccc1)N(Cc1cccc(Br)c1)C(=O)CN(c1ccc2c(c1)OCO2)S(C)(=O)=O. The highest BCUT2D eigenvalue weighted by Crippen LogP contribution is 2.36. The number of hydrogen-bond acceptors (Lipinski definition) is 6. The van der Waals surface area contributed by atoms with Crippen LogP contribution in [0.4, 0.5) is 5.69 Å². The lowest BCUT2D eigenvalue weighted by atomic mass is 10.0. The summed E-state index contributed by atoms with van der Waals surface area (Å²) in [5, 5.41) is 2.98. The van der Waals surface area contributed by atoms with Gasteiger partial charge in [-0.2, -0.15) is 0 Å². The number of carbonyl (C=O) groups is 2. The van der Waals surface area contributed by atoms with E-state index in [0.717, 1.165) is 39.0 Å². The first kappa shape index (κ1) is 30.4. The molecule has 0 spiro atoms. The highest BCUT2D eigenvalue weighted by atomic mass is 79.9. The maximum absolute atomic E-state index is 14.1. The highest BCUT2D eigenvalue weighted by Gasteiger charge is 2.33. The number of sulfonamides is 1. The van der Waals surface area contributed by atoms with E-state index in [-0.39, 0.29) is 31.4 Å². The Bertz CT molecular complexity index is 1470. The Morgan fingerprint density at radius 3 is 2.41 bits per heavy atom. The van der Waals surface area contributed by atoms with Gasteiger partial charge in [0.25, 0.3) is 0 Å². The summed E-state index contributed by atoms with van der Waals surface area (Å²) in [6.07, 6.45) is 3.02. The zero-order valence-corrected chi connectivity index (χ0v) is 25.5. The Hall–Kier alpha value is -3.57. The fraction of sp³-hybridized carbons (Fsp3) is 0.333. The van der Waals surface area contributed by atoms with Gasteiger partial charge in [0, 0.05) is 30.0 Å². The molecule has 1 aliphatic rings. The lowest BCUT2D eigenvalue weighted by Gasteiger charge is -2.33. The number of nitrogens with zero attached hydrogens (tertiary/aromatic N) is 2. The molecule has 9 nitrogen and oxygen atoms in total. The van der Waals surface area contributed by atoms with Gasteiger partial charge in [0.05, 0.1) is 11.9 Å². The summed E-state index contributed by atoms with van der Waals surface area (Å²) < 4.78 is 38.6. The Morgan fingerprint density at radius 2 is 1.71 bits per heavy atom. The highest BCUT2D eigenvalue weighted by molar-refractivity contribution is 9.10. The molecule has 0 fully saturated rings. The number of benzene rings is 3. The zero-order chi connectivity index (χ0) is 29.4. The van der Waals surface area contributed by atoms with E-state index in [1.165, 1.54) is 11.0 Å². The van der Waals surface area contributed by atoms with Gasteiger partial charge >= 0.3 is 0 Å². The minimum atomic E-state index is -3.88. The predicted molar refractivity (Wildman–Crippen MR) is 161 cm³/mol. The van der Waals surface area contributed by atoms with Crippen LogP contribution in [0, 0.1) is 0 Å². The lowest BCUT2D eigenvalue weighted by molar-refractivity contribution is -0.140. The molecule has 0 radical (unpaired) electrons. The summed E-state index contributed by atoms with van der Waals surface area (Å²) in [7, 11) is -3.88. The predicted octanol–water partition coefficient (Wildman–Crippen LogP) is 4.50. The molecule has 41 heavy (non-hydrogen) atoms. The first-order valence-corrected chi connectivity index (χ1v) is 16.0. The molecule has 2 amide bonds. The van der Waals surface area contributed by atoms with Crippen molar-refractivity contribution >= 4 is 43.5 Å². The molecule has 218 valence electrons. The standard InChI is InChI=1S/C30H34BrN3O6S/c1-3-4-15-32-30(36)26(17-22-9-6-5-7-10-22)33(19-23-11-8-12-24(31)16-23)29(35)20-34(41(2,37)38)25-13-14-27-28(18-25)40-21-39-27/h5-14,16,18,26H,3-4,15,17,19-21H2,1-2H3,(H,32,36)/t26-/m0/s1. The van der Waals surface area contributed by atoms with E-state index in [0.29, 0.717) is 18.0 Å². The molecule has 0 aliphatic carbocycles. The van der Waals surface area contributed by atoms with Gasteiger partial charge in [0.1, 0.15) is 12.6 Å². The van der Waals surface area contributed by atoms with Crippen LogP contribution in [0.15, 0.2) is 77.3 Å². The molecule has 0 aromatic heterocycles. The topological polar surface area (TPSA) is 105 Å². The van der Waals surface area contributed by atoms with Crippen molar-refractivity contribution in [2.24, 2.45) is 0 Å². The Labute approximate surface area is 249 Å². The molecule has 3 aromatic carbocycles. The number of carbonyl (C=O) groups excluding carboxylic acids is 2. The van der Waals surface area contributed by atoms with E-state index in [9.17, 15) is 18.0 Å². The summed E-state index contributed by atoms with van der Waals surface area (Å²) in [5.41, 5.74) is 1.94. The van der Waals surface area contributed by atoms with E-state index < -0.39 is 28.5 Å². The minimum Gasteiger partial charge on any atom is -0.454 e. The van der Waals surface area contributed by atoms with Crippen LogP contribution in [0.25, 0.3) is 0 Å². The third-order valence-electron chi connectivity index (χ3n) is 6.67. The summed E-state index contributed by atoms with van der Waals surface area (Å²) in [6.45, 7) is 2.15. The third kappa shape index (κ3) is 8.23. The van der Waals surface area contributed by atoms with Crippen molar-refractivity contribution in [1.29, 1.82) is 0 Å². The van der Waals surface area contributed by atoms with Crippen molar-refractivity contribution in [1.82, 2.24) is 10.2 Å². The molecular formula is C30H34BrN3O6S. The van der Waals surface area contributed by atoms with Crippen LogP contribution >= 0.6 is 15.9 Å². The molecular weight excluding hydrogens is 610 g/mol. The summed E-state index contributed by atoms with van der Waals surface area (Å²) in [4.78, 5) is 29.2. The van der Waals surface area contributed by atoms with Gasteiger partial charge in [-0.3, -0.25) is 13.9 Å². The van der Waals surface area contributed by atoms with Crippen molar-refractivity contribution in [3.63, 3.8) is 0 Å². The normalized spacial score (nSPS) is 13.0. The van der Waals surface area contributed by atoms with Crippen LogP contribution in [0.1, 0.15) is 30.9 Å². The van der Waals surface area contributed by atoms with Gasteiger partial charge in [-0.25, -0.2) is 8.42 Å². The maximum atomic E-state index is 14.1. The lowest BCUT2D eigenvalue weighted by Crippen LogP contribution is -2.53. The number of amides is 2. The number of anilines is 1. The number of nitrogens with one attached hydrogen (secondary N) is 1. The van der Waals surface area contributed by atoms with Crippen LogP contribution in [0.3, 0.4) is 0 Å². The molecule has 1 atom stereocenters. The van der Waals surface area contributed by atoms with Crippen molar-refractivity contribution < 1.29 is 27.5 Å². The fourth-order valence-corrected chi connectivity index (χ4v) is 5.83.